The van der Waals surface area contributed by atoms with E-state index in [2.05, 4.69) is 0 Å². The third kappa shape index (κ3) is 4.53. The molecule has 1 aromatic heterocycles. The van der Waals surface area contributed by atoms with Crippen LogP contribution in [0.15, 0.2) is 47.0 Å². The molecule has 2 aliphatic rings. The van der Waals surface area contributed by atoms with Gasteiger partial charge in [-0.25, -0.2) is 14.0 Å². The number of cyclic esters (lactones) is 1. The van der Waals surface area contributed by atoms with Crippen LogP contribution in [0, 0.1) is 5.82 Å². The number of carbonyl (C=O) groups excluding carboxylic acids is 1. The number of nitrogens with zero attached hydrogens (tertiary/aromatic N) is 3. The van der Waals surface area contributed by atoms with E-state index in [0.717, 1.165) is 11.8 Å². The van der Waals surface area contributed by atoms with Crippen LogP contribution >= 0.6 is 23.2 Å². The van der Waals surface area contributed by atoms with E-state index in [9.17, 15) is 19.5 Å². The first-order chi connectivity index (χ1) is 17.7. The molecule has 1 saturated heterocycles. The number of piperazine rings is 1. The fraction of sp³-hybridized carbons (Fsp3) is 0.269. The third-order valence-electron chi connectivity index (χ3n) is 6.71. The molecule has 0 radical (unpaired) electrons. The second-order valence-electron chi connectivity index (χ2n) is 8.81. The van der Waals surface area contributed by atoms with Crippen LogP contribution in [-0.4, -0.2) is 59.3 Å². The summed E-state index contributed by atoms with van der Waals surface area (Å²) in [5, 5.41) is 10.2. The van der Waals surface area contributed by atoms with Gasteiger partial charge in [-0.3, -0.25) is 4.79 Å². The number of halogens is 3. The minimum Gasteiger partial charge on any atom is -0.477 e. The first kappa shape index (κ1) is 25.1. The molecule has 1 N–H and O–H groups in total. The maximum Gasteiger partial charge on any atom is 0.341 e. The van der Waals surface area contributed by atoms with Gasteiger partial charge in [-0.1, -0.05) is 23.2 Å². The van der Waals surface area contributed by atoms with Gasteiger partial charge in [0.05, 0.1) is 22.5 Å². The molecule has 0 unspecified atom stereocenters. The largest absolute Gasteiger partial charge is 0.477 e. The van der Waals surface area contributed by atoms with Crippen molar-refractivity contribution in [2.45, 2.75) is 13.5 Å². The number of aromatic carboxylic acids is 1. The molecule has 0 aliphatic carbocycles. The van der Waals surface area contributed by atoms with Crippen LogP contribution in [0.4, 0.5) is 10.1 Å². The van der Waals surface area contributed by atoms with Crippen molar-refractivity contribution in [3.05, 3.63) is 79.4 Å². The van der Waals surface area contributed by atoms with E-state index in [1.54, 1.807) is 28.8 Å². The van der Waals surface area contributed by atoms with Gasteiger partial charge in [-0.2, -0.15) is 0 Å². The SMILES string of the molecule is CCn1cc(C(=O)O)c(=O)c2cc(F)c(N3CCN(C4=C(c5cc(Cl)cc(Cl)c5)C(=O)OC4)CC3)cc21. The Hall–Kier alpha value is -3.56. The molecule has 3 heterocycles. The molecule has 0 atom stereocenters. The summed E-state index contributed by atoms with van der Waals surface area (Å²) in [6.45, 7) is 4.26. The molecule has 8 nitrogen and oxygen atoms in total. The number of hydrogen-bond acceptors (Lipinski definition) is 6. The van der Waals surface area contributed by atoms with Crippen LogP contribution in [-0.2, 0) is 16.1 Å². The normalized spacial score (nSPS) is 16.1. The highest BCUT2D eigenvalue weighted by Gasteiger charge is 2.32. The zero-order chi connectivity index (χ0) is 26.4. The predicted molar refractivity (Wildman–Crippen MR) is 139 cm³/mol. The summed E-state index contributed by atoms with van der Waals surface area (Å²) in [6.07, 6.45) is 1.29. The van der Waals surface area contributed by atoms with E-state index in [1.807, 2.05) is 16.7 Å². The summed E-state index contributed by atoms with van der Waals surface area (Å²) in [7, 11) is 0. The van der Waals surface area contributed by atoms with Gasteiger partial charge in [-0.15, -0.1) is 0 Å². The Morgan fingerprint density at radius 1 is 1.03 bits per heavy atom. The van der Waals surface area contributed by atoms with Gasteiger partial charge >= 0.3 is 11.9 Å². The van der Waals surface area contributed by atoms with Crippen LogP contribution in [0.1, 0.15) is 22.8 Å². The van der Waals surface area contributed by atoms with Crippen LogP contribution in [0.3, 0.4) is 0 Å². The lowest BCUT2D eigenvalue weighted by molar-refractivity contribution is -0.134. The minimum atomic E-state index is -1.35. The third-order valence-corrected chi connectivity index (χ3v) is 7.14. The molecule has 3 aromatic rings. The Balaban J connectivity index is 1.45. The zero-order valence-corrected chi connectivity index (χ0v) is 21.3. The van der Waals surface area contributed by atoms with Crippen molar-refractivity contribution in [2.24, 2.45) is 0 Å². The fourth-order valence-electron chi connectivity index (χ4n) is 4.90. The number of rotatable bonds is 5. The highest BCUT2D eigenvalue weighted by Crippen LogP contribution is 2.33. The standard InChI is InChI=1S/C26H22Cl2FN3O5/c1-2-30-12-18(25(34)35)24(33)17-10-19(29)21(11-20(17)30)31-3-5-32(6-4-31)22-13-37-26(36)23(22)14-7-15(27)9-16(28)8-14/h7-12H,2-6,13H2,1H3,(H,34,35). The van der Waals surface area contributed by atoms with E-state index in [0.29, 0.717) is 65.1 Å². The molecule has 5 rings (SSSR count). The number of hydrogen-bond donors (Lipinski definition) is 1. The van der Waals surface area contributed by atoms with Gasteiger partial charge < -0.3 is 24.2 Å². The molecule has 11 heteroatoms. The molecular weight excluding hydrogens is 524 g/mol. The van der Waals surface area contributed by atoms with Crippen molar-refractivity contribution in [1.82, 2.24) is 9.47 Å². The molecule has 0 bridgehead atoms. The molecule has 2 aliphatic heterocycles. The van der Waals surface area contributed by atoms with Crippen molar-refractivity contribution >= 4 is 57.3 Å². The van der Waals surface area contributed by atoms with Crippen molar-refractivity contribution in [3.8, 4) is 0 Å². The van der Waals surface area contributed by atoms with Gasteiger partial charge in [0.2, 0.25) is 5.43 Å². The van der Waals surface area contributed by atoms with E-state index >= 15 is 4.39 Å². The lowest BCUT2D eigenvalue weighted by Gasteiger charge is -2.38. The summed E-state index contributed by atoms with van der Waals surface area (Å²) in [6, 6.07) is 7.63. The summed E-state index contributed by atoms with van der Waals surface area (Å²) in [4.78, 5) is 40.6. The van der Waals surface area contributed by atoms with Gasteiger partial charge in [0.25, 0.3) is 0 Å². The number of ether oxygens (including phenoxy) is 1. The summed E-state index contributed by atoms with van der Waals surface area (Å²) < 4.78 is 22.2. The van der Waals surface area contributed by atoms with E-state index in [4.69, 9.17) is 27.9 Å². The summed E-state index contributed by atoms with van der Waals surface area (Å²) in [5.74, 6) is -2.40. The zero-order valence-electron chi connectivity index (χ0n) is 19.8. The Morgan fingerprint density at radius 3 is 2.30 bits per heavy atom. The maximum atomic E-state index is 15.2. The van der Waals surface area contributed by atoms with Crippen molar-refractivity contribution < 1.29 is 23.8 Å². The second kappa shape index (κ2) is 9.72. The number of carbonyl (C=O) groups is 2. The number of aryl methyl sites for hydroxylation is 1. The second-order valence-corrected chi connectivity index (χ2v) is 9.69. The molecule has 0 saturated carbocycles. The molecule has 2 aromatic carbocycles. The highest BCUT2D eigenvalue weighted by atomic mass is 35.5. The number of anilines is 1. The smallest absolute Gasteiger partial charge is 0.341 e. The first-order valence-corrected chi connectivity index (χ1v) is 12.4. The van der Waals surface area contributed by atoms with Gasteiger partial charge in [0, 0.05) is 54.4 Å². The minimum absolute atomic E-state index is 0.0261. The number of esters is 1. The molecular formula is C26H22Cl2FN3O5. The van der Waals surface area contributed by atoms with Crippen LogP contribution in [0.25, 0.3) is 16.5 Å². The lowest BCUT2D eigenvalue weighted by Crippen LogP contribution is -2.46. The van der Waals surface area contributed by atoms with Crippen molar-refractivity contribution in [1.29, 1.82) is 0 Å². The quantitative estimate of drug-likeness (QED) is 0.479. The number of pyridine rings is 1. The van der Waals surface area contributed by atoms with Crippen LogP contribution < -0.4 is 10.3 Å². The topological polar surface area (TPSA) is 92.1 Å². The maximum absolute atomic E-state index is 15.2. The van der Waals surface area contributed by atoms with E-state index in [1.165, 1.54) is 6.20 Å². The summed E-state index contributed by atoms with van der Waals surface area (Å²) in [5.41, 5.74) is 1.40. The molecule has 37 heavy (non-hydrogen) atoms. The highest BCUT2D eigenvalue weighted by molar-refractivity contribution is 6.35. The van der Waals surface area contributed by atoms with Gasteiger partial charge in [0.15, 0.2) is 0 Å². The Bertz CT molecular complexity index is 1520. The predicted octanol–water partition coefficient (Wildman–Crippen LogP) is 4.26. The van der Waals surface area contributed by atoms with Crippen molar-refractivity contribution in [2.75, 3.05) is 37.7 Å². The monoisotopic (exact) mass is 545 g/mol. The van der Waals surface area contributed by atoms with Crippen molar-refractivity contribution in [3.63, 3.8) is 0 Å². The fourth-order valence-corrected chi connectivity index (χ4v) is 5.43. The Morgan fingerprint density at radius 2 is 1.68 bits per heavy atom. The number of benzene rings is 2. The number of aromatic nitrogens is 1. The molecule has 0 amide bonds. The van der Waals surface area contributed by atoms with E-state index < -0.39 is 28.7 Å². The molecule has 1 fully saturated rings. The average Bonchev–Trinajstić information content (AvgIpc) is 3.25. The van der Waals surface area contributed by atoms with Crippen LogP contribution in [0.5, 0.6) is 0 Å². The Labute approximate surface area is 221 Å². The lowest BCUT2D eigenvalue weighted by atomic mass is 10.0. The molecule has 0 spiro atoms. The van der Waals surface area contributed by atoms with Crippen LogP contribution in [0.2, 0.25) is 10.0 Å². The van der Waals surface area contributed by atoms with Gasteiger partial charge in [0.1, 0.15) is 18.0 Å². The molecule has 192 valence electrons. The summed E-state index contributed by atoms with van der Waals surface area (Å²) >= 11 is 12.3. The number of carboxylic acid groups (broad SMARTS) is 1. The average molecular weight is 546 g/mol. The number of fused-ring (bicyclic) bond motifs is 1. The van der Waals surface area contributed by atoms with E-state index in [-0.39, 0.29) is 12.0 Å². The number of carboxylic acids is 1. The van der Waals surface area contributed by atoms with Gasteiger partial charge in [-0.05, 0) is 42.8 Å². The Kier molecular flexibility index (Phi) is 6.59. The first-order valence-electron chi connectivity index (χ1n) is 11.6.